The van der Waals surface area contributed by atoms with Gasteiger partial charge in [-0.15, -0.1) is 0 Å². The SMILES string of the molecule is C[C@H](CNC(=O)Nc1cc(Cl)ccc1N(C)C)C[C@@H](C)O. The smallest absolute Gasteiger partial charge is 0.319 e. The second-order valence-electron chi connectivity index (χ2n) is 5.58. The number of aliphatic hydroxyl groups is 1. The number of hydrogen-bond acceptors (Lipinski definition) is 3. The molecule has 1 aromatic rings. The number of nitrogens with zero attached hydrogens (tertiary/aromatic N) is 1. The Labute approximate surface area is 131 Å². The van der Waals surface area contributed by atoms with E-state index in [0.29, 0.717) is 23.7 Å². The van der Waals surface area contributed by atoms with Crippen LogP contribution in [0.25, 0.3) is 0 Å². The maximum atomic E-state index is 11.9. The summed E-state index contributed by atoms with van der Waals surface area (Å²) in [4.78, 5) is 13.8. The minimum Gasteiger partial charge on any atom is -0.393 e. The molecule has 0 aliphatic heterocycles. The van der Waals surface area contributed by atoms with E-state index in [0.717, 1.165) is 5.69 Å². The van der Waals surface area contributed by atoms with Crippen molar-refractivity contribution in [2.75, 3.05) is 30.9 Å². The Morgan fingerprint density at radius 1 is 1.38 bits per heavy atom. The molecular weight excluding hydrogens is 290 g/mol. The summed E-state index contributed by atoms with van der Waals surface area (Å²) in [5.74, 6) is 0.212. The molecule has 0 aromatic heterocycles. The number of carbonyl (C=O) groups excluding carboxylic acids is 1. The van der Waals surface area contributed by atoms with Crippen LogP contribution in [0.5, 0.6) is 0 Å². The number of hydrogen-bond donors (Lipinski definition) is 3. The van der Waals surface area contributed by atoms with Crippen LogP contribution in [0.15, 0.2) is 18.2 Å². The van der Waals surface area contributed by atoms with Crippen molar-refractivity contribution in [1.82, 2.24) is 5.32 Å². The monoisotopic (exact) mass is 313 g/mol. The van der Waals surface area contributed by atoms with Crippen LogP contribution in [0.4, 0.5) is 16.2 Å². The van der Waals surface area contributed by atoms with Crippen LogP contribution in [-0.4, -0.2) is 37.9 Å². The van der Waals surface area contributed by atoms with Crippen LogP contribution >= 0.6 is 11.6 Å². The molecule has 0 saturated heterocycles. The molecule has 118 valence electrons. The van der Waals surface area contributed by atoms with Gasteiger partial charge in [0.25, 0.3) is 0 Å². The summed E-state index contributed by atoms with van der Waals surface area (Å²) in [6.07, 6.45) is 0.290. The fourth-order valence-electron chi connectivity index (χ4n) is 2.10. The zero-order chi connectivity index (χ0) is 16.0. The minimum absolute atomic E-state index is 0.212. The largest absolute Gasteiger partial charge is 0.393 e. The van der Waals surface area contributed by atoms with Crippen molar-refractivity contribution in [2.45, 2.75) is 26.4 Å². The van der Waals surface area contributed by atoms with E-state index in [4.69, 9.17) is 11.6 Å². The van der Waals surface area contributed by atoms with Crippen LogP contribution in [0.2, 0.25) is 5.02 Å². The molecule has 5 nitrogen and oxygen atoms in total. The highest BCUT2D eigenvalue weighted by molar-refractivity contribution is 6.31. The number of aliphatic hydroxyl groups excluding tert-OH is 1. The second kappa shape index (κ2) is 8.10. The minimum atomic E-state index is -0.363. The molecule has 2 amide bonds. The number of nitrogens with one attached hydrogen (secondary N) is 2. The number of rotatable bonds is 6. The molecule has 0 radical (unpaired) electrons. The summed E-state index contributed by atoms with van der Waals surface area (Å²) < 4.78 is 0. The predicted molar refractivity (Wildman–Crippen MR) is 88.3 cm³/mol. The highest BCUT2D eigenvalue weighted by atomic mass is 35.5. The van der Waals surface area contributed by atoms with Gasteiger partial charge in [-0.1, -0.05) is 18.5 Å². The quantitative estimate of drug-likeness (QED) is 0.756. The van der Waals surface area contributed by atoms with Gasteiger partial charge < -0.3 is 20.6 Å². The zero-order valence-electron chi connectivity index (χ0n) is 13.0. The summed E-state index contributed by atoms with van der Waals surface area (Å²) >= 11 is 5.97. The van der Waals surface area contributed by atoms with Crippen LogP contribution in [0.3, 0.4) is 0 Å². The predicted octanol–water partition coefficient (Wildman–Crippen LogP) is 2.93. The summed E-state index contributed by atoms with van der Waals surface area (Å²) in [7, 11) is 3.80. The molecule has 0 spiro atoms. The molecule has 0 aliphatic rings. The lowest BCUT2D eigenvalue weighted by Crippen LogP contribution is -2.33. The first-order valence-electron chi connectivity index (χ1n) is 6.99. The normalized spacial score (nSPS) is 13.4. The van der Waals surface area contributed by atoms with E-state index in [1.54, 1.807) is 19.1 Å². The van der Waals surface area contributed by atoms with Gasteiger partial charge in [0.1, 0.15) is 0 Å². The number of halogens is 1. The van der Waals surface area contributed by atoms with Crippen molar-refractivity contribution >= 4 is 29.0 Å². The number of benzene rings is 1. The van der Waals surface area contributed by atoms with E-state index in [-0.39, 0.29) is 18.1 Å². The molecule has 0 bridgehead atoms. The van der Waals surface area contributed by atoms with Crippen molar-refractivity contribution < 1.29 is 9.90 Å². The average molecular weight is 314 g/mol. The number of urea groups is 1. The van der Waals surface area contributed by atoms with Crippen molar-refractivity contribution in [3.63, 3.8) is 0 Å². The van der Waals surface area contributed by atoms with E-state index >= 15 is 0 Å². The molecule has 0 saturated carbocycles. The van der Waals surface area contributed by atoms with Gasteiger partial charge in [0, 0.05) is 25.7 Å². The van der Waals surface area contributed by atoms with E-state index in [1.807, 2.05) is 32.0 Å². The lowest BCUT2D eigenvalue weighted by molar-refractivity contribution is 0.163. The van der Waals surface area contributed by atoms with E-state index < -0.39 is 0 Å². The number of anilines is 2. The lowest BCUT2D eigenvalue weighted by Gasteiger charge is -2.19. The van der Waals surface area contributed by atoms with Crippen LogP contribution in [0.1, 0.15) is 20.3 Å². The molecule has 3 N–H and O–H groups in total. The Balaban J connectivity index is 2.60. The lowest BCUT2D eigenvalue weighted by atomic mass is 10.1. The first-order valence-corrected chi connectivity index (χ1v) is 7.37. The van der Waals surface area contributed by atoms with Gasteiger partial charge in [-0.05, 0) is 37.5 Å². The average Bonchev–Trinajstić information content (AvgIpc) is 2.35. The van der Waals surface area contributed by atoms with Crippen molar-refractivity contribution in [2.24, 2.45) is 5.92 Å². The number of carbonyl (C=O) groups is 1. The highest BCUT2D eigenvalue weighted by Gasteiger charge is 2.11. The fraction of sp³-hybridized carbons (Fsp3) is 0.533. The molecule has 1 rings (SSSR count). The molecule has 0 aliphatic carbocycles. The standard InChI is InChI=1S/C15H24ClN3O2/c1-10(7-11(2)20)9-17-15(21)18-13-8-12(16)5-6-14(13)19(3)4/h5-6,8,10-11,20H,7,9H2,1-4H3,(H2,17,18,21)/t10-,11+/m0/s1. The third-order valence-corrected chi connectivity index (χ3v) is 3.28. The Morgan fingerprint density at radius 2 is 2.05 bits per heavy atom. The first kappa shape index (κ1) is 17.6. The Bertz CT molecular complexity index is 478. The molecule has 21 heavy (non-hydrogen) atoms. The number of amides is 2. The van der Waals surface area contributed by atoms with Gasteiger partial charge in [-0.2, -0.15) is 0 Å². The van der Waals surface area contributed by atoms with Crippen LogP contribution < -0.4 is 15.5 Å². The van der Waals surface area contributed by atoms with Crippen LogP contribution in [-0.2, 0) is 0 Å². The summed E-state index contributed by atoms with van der Waals surface area (Å²) in [6.45, 7) is 4.23. The third kappa shape index (κ3) is 6.23. The van der Waals surface area contributed by atoms with Crippen molar-refractivity contribution in [3.8, 4) is 0 Å². The van der Waals surface area contributed by atoms with E-state index in [1.165, 1.54) is 0 Å². The maximum Gasteiger partial charge on any atom is 0.319 e. The molecule has 2 atom stereocenters. The van der Waals surface area contributed by atoms with Crippen LogP contribution in [0, 0.1) is 5.92 Å². The van der Waals surface area contributed by atoms with Gasteiger partial charge >= 0.3 is 6.03 Å². The van der Waals surface area contributed by atoms with Crippen molar-refractivity contribution in [1.29, 1.82) is 0 Å². The van der Waals surface area contributed by atoms with Gasteiger partial charge in [0.15, 0.2) is 0 Å². The maximum absolute atomic E-state index is 11.9. The molecule has 6 heteroatoms. The van der Waals surface area contributed by atoms with Crippen molar-refractivity contribution in [3.05, 3.63) is 23.2 Å². The Hall–Kier alpha value is -1.46. The molecular formula is C15H24ClN3O2. The first-order chi connectivity index (χ1) is 9.79. The molecule has 0 heterocycles. The highest BCUT2D eigenvalue weighted by Crippen LogP contribution is 2.27. The van der Waals surface area contributed by atoms with E-state index in [9.17, 15) is 9.90 Å². The molecule has 0 fully saturated rings. The zero-order valence-corrected chi connectivity index (χ0v) is 13.7. The van der Waals surface area contributed by atoms with Gasteiger partial charge in [0.2, 0.25) is 0 Å². The summed E-state index contributed by atoms with van der Waals surface area (Å²) in [5, 5.41) is 15.5. The summed E-state index contributed by atoms with van der Waals surface area (Å²) in [6, 6.07) is 5.08. The Morgan fingerprint density at radius 3 is 2.62 bits per heavy atom. The van der Waals surface area contributed by atoms with Gasteiger partial charge in [-0.3, -0.25) is 0 Å². The second-order valence-corrected chi connectivity index (χ2v) is 6.02. The fourth-order valence-corrected chi connectivity index (χ4v) is 2.27. The third-order valence-electron chi connectivity index (χ3n) is 3.04. The summed E-state index contributed by atoms with van der Waals surface area (Å²) in [5.41, 5.74) is 1.54. The Kier molecular flexibility index (Phi) is 6.78. The molecule has 1 aromatic carbocycles. The van der Waals surface area contributed by atoms with Gasteiger partial charge in [0.05, 0.1) is 17.5 Å². The van der Waals surface area contributed by atoms with Gasteiger partial charge in [-0.25, -0.2) is 4.79 Å². The van der Waals surface area contributed by atoms with E-state index in [2.05, 4.69) is 10.6 Å². The molecule has 0 unspecified atom stereocenters. The topological polar surface area (TPSA) is 64.6 Å².